The maximum absolute atomic E-state index is 11.3. The average molecular weight is 231 g/mol. The fourth-order valence-corrected chi connectivity index (χ4v) is 2.44. The molecule has 2 N–H and O–H groups in total. The second-order valence-electron chi connectivity index (χ2n) is 2.87. The molecule has 1 rings (SSSR count). The summed E-state index contributed by atoms with van der Waals surface area (Å²) >= 11 is 3.14. The largest absolute Gasteiger partial charge is 0.394 e. The number of aliphatic hydroxyl groups excluding tert-OH is 1. The van der Waals surface area contributed by atoms with Crippen molar-refractivity contribution >= 4 is 29.0 Å². The Bertz CT molecular complexity index is 274. The first-order chi connectivity index (χ1) is 6.72. The molecular weight excluding hydrogens is 218 g/mol. The lowest BCUT2D eigenvalue weighted by atomic mass is 10.4. The van der Waals surface area contributed by atoms with E-state index < -0.39 is 0 Å². The zero-order valence-electron chi connectivity index (χ0n) is 7.90. The molecule has 1 atom stereocenters. The molecule has 0 aliphatic heterocycles. The van der Waals surface area contributed by atoms with E-state index in [9.17, 15) is 4.79 Å². The van der Waals surface area contributed by atoms with E-state index in [1.807, 2.05) is 17.5 Å². The van der Waals surface area contributed by atoms with Crippen LogP contribution < -0.4 is 5.32 Å². The number of amides is 1. The number of hydrogen-bond acceptors (Lipinski definition) is 4. The van der Waals surface area contributed by atoms with E-state index in [0.717, 1.165) is 4.21 Å². The van der Waals surface area contributed by atoms with Gasteiger partial charge >= 0.3 is 0 Å². The van der Waals surface area contributed by atoms with E-state index in [1.165, 1.54) is 11.8 Å². The molecule has 0 saturated heterocycles. The van der Waals surface area contributed by atoms with Crippen LogP contribution in [0.1, 0.15) is 6.92 Å². The van der Waals surface area contributed by atoms with Crippen molar-refractivity contribution in [2.75, 3.05) is 12.4 Å². The van der Waals surface area contributed by atoms with E-state index in [4.69, 9.17) is 5.11 Å². The van der Waals surface area contributed by atoms with Crippen molar-refractivity contribution in [1.29, 1.82) is 0 Å². The average Bonchev–Trinajstić information content (AvgIpc) is 2.67. The maximum Gasteiger partial charge on any atom is 0.230 e. The zero-order valence-corrected chi connectivity index (χ0v) is 9.53. The highest BCUT2D eigenvalue weighted by molar-refractivity contribution is 8.01. The van der Waals surface area contributed by atoms with Gasteiger partial charge in [-0.15, -0.1) is 23.1 Å². The topological polar surface area (TPSA) is 49.3 Å². The van der Waals surface area contributed by atoms with E-state index in [1.54, 1.807) is 18.3 Å². The van der Waals surface area contributed by atoms with Gasteiger partial charge < -0.3 is 10.4 Å². The Hall–Kier alpha value is -0.520. The number of rotatable bonds is 5. The van der Waals surface area contributed by atoms with E-state index in [-0.39, 0.29) is 18.6 Å². The first kappa shape index (κ1) is 11.6. The fraction of sp³-hybridized carbons (Fsp3) is 0.444. The van der Waals surface area contributed by atoms with Crippen LogP contribution in [0.15, 0.2) is 21.7 Å². The number of aliphatic hydroxyl groups is 1. The van der Waals surface area contributed by atoms with Crippen LogP contribution in [0.5, 0.6) is 0 Å². The highest BCUT2D eigenvalue weighted by Crippen LogP contribution is 2.22. The van der Waals surface area contributed by atoms with Gasteiger partial charge in [-0.2, -0.15) is 0 Å². The van der Waals surface area contributed by atoms with Crippen molar-refractivity contribution in [2.45, 2.75) is 17.2 Å². The van der Waals surface area contributed by atoms with Gasteiger partial charge in [0, 0.05) is 6.04 Å². The standard InChI is InChI=1S/C9H13NO2S2/c1-7(5-11)10-8(12)6-14-9-3-2-4-13-9/h2-4,7,11H,5-6H2,1H3,(H,10,12)/t7-/m1/s1. The van der Waals surface area contributed by atoms with Crippen molar-refractivity contribution in [2.24, 2.45) is 0 Å². The second-order valence-corrected chi connectivity index (χ2v) is 5.10. The third-order valence-corrected chi connectivity index (χ3v) is 3.65. The van der Waals surface area contributed by atoms with Gasteiger partial charge in [-0.05, 0) is 18.4 Å². The van der Waals surface area contributed by atoms with Gasteiger partial charge in [0.25, 0.3) is 0 Å². The van der Waals surface area contributed by atoms with Crippen LogP contribution in [0.4, 0.5) is 0 Å². The fourth-order valence-electron chi connectivity index (χ4n) is 0.844. The molecule has 0 aliphatic carbocycles. The molecule has 1 aromatic heterocycles. The third kappa shape index (κ3) is 4.13. The van der Waals surface area contributed by atoms with E-state index in [0.29, 0.717) is 5.75 Å². The SMILES string of the molecule is C[C@H](CO)NC(=O)CSc1cccs1. The maximum atomic E-state index is 11.3. The molecule has 1 amide bonds. The van der Waals surface area contributed by atoms with Crippen LogP contribution in [0.3, 0.4) is 0 Å². The monoisotopic (exact) mass is 231 g/mol. The van der Waals surface area contributed by atoms with Crippen LogP contribution >= 0.6 is 23.1 Å². The molecule has 1 heterocycles. The first-order valence-electron chi connectivity index (χ1n) is 4.29. The Morgan fingerprint density at radius 3 is 3.14 bits per heavy atom. The quantitative estimate of drug-likeness (QED) is 0.752. The second kappa shape index (κ2) is 6.06. The molecule has 0 aliphatic rings. The molecule has 1 aromatic rings. The van der Waals surface area contributed by atoms with Crippen molar-refractivity contribution < 1.29 is 9.90 Å². The summed E-state index contributed by atoms with van der Waals surface area (Å²) in [5.41, 5.74) is 0. The number of carbonyl (C=O) groups is 1. The highest BCUT2D eigenvalue weighted by atomic mass is 32.2. The Morgan fingerprint density at radius 1 is 1.79 bits per heavy atom. The van der Waals surface area contributed by atoms with Crippen LogP contribution in [0, 0.1) is 0 Å². The normalized spacial score (nSPS) is 12.4. The minimum atomic E-state index is -0.161. The number of thioether (sulfide) groups is 1. The summed E-state index contributed by atoms with van der Waals surface area (Å²) in [5.74, 6) is 0.371. The number of nitrogens with one attached hydrogen (secondary N) is 1. The van der Waals surface area contributed by atoms with Gasteiger partial charge in [0.2, 0.25) is 5.91 Å². The number of hydrogen-bond donors (Lipinski definition) is 2. The molecule has 0 saturated carbocycles. The van der Waals surface area contributed by atoms with Gasteiger partial charge in [0.1, 0.15) is 0 Å². The molecule has 3 nitrogen and oxygen atoms in total. The molecule has 14 heavy (non-hydrogen) atoms. The molecule has 0 bridgehead atoms. The molecule has 0 aromatic carbocycles. The Balaban J connectivity index is 2.22. The molecule has 0 fully saturated rings. The lowest BCUT2D eigenvalue weighted by Crippen LogP contribution is -2.36. The smallest absolute Gasteiger partial charge is 0.230 e. The summed E-state index contributed by atoms with van der Waals surface area (Å²) < 4.78 is 1.14. The van der Waals surface area contributed by atoms with Gasteiger partial charge in [-0.25, -0.2) is 0 Å². The van der Waals surface area contributed by atoms with Crippen LogP contribution in [-0.2, 0) is 4.79 Å². The van der Waals surface area contributed by atoms with E-state index >= 15 is 0 Å². The summed E-state index contributed by atoms with van der Waals surface area (Å²) in [6.45, 7) is 1.75. The molecule has 5 heteroatoms. The van der Waals surface area contributed by atoms with Gasteiger partial charge in [-0.1, -0.05) is 6.07 Å². The third-order valence-electron chi connectivity index (χ3n) is 1.52. The highest BCUT2D eigenvalue weighted by Gasteiger charge is 2.06. The molecule has 0 radical (unpaired) electrons. The Kier molecular flexibility index (Phi) is 5.00. The van der Waals surface area contributed by atoms with Crippen LogP contribution in [-0.4, -0.2) is 29.4 Å². The van der Waals surface area contributed by atoms with Crippen molar-refractivity contribution in [3.63, 3.8) is 0 Å². The minimum absolute atomic E-state index is 0.0184. The van der Waals surface area contributed by atoms with Crippen molar-refractivity contribution in [1.82, 2.24) is 5.32 Å². The predicted octanol–water partition coefficient (Wildman–Crippen LogP) is 1.34. The summed E-state index contributed by atoms with van der Waals surface area (Å²) in [7, 11) is 0. The molecule has 78 valence electrons. The van der Waals surface area contributed by atoms with Crippen LogP contribution in [0.2, 0.25) is 0 Å². The van der Waals surface area contributed by atoms with Gasteiger partial charge in [-0.3, -0.25) is 4.79 Å². The predicted molar refractivity (Wildman–Crippen MR) is 59.7 cm³/mol. The van der Waals surface area contributed by atoms with Gasteiger partial charge in [0.15, 0.2) is 0 Å². The number of thiophene rings is 1. The minimum Gasteiger partial charge on any atom is -0.394 e. The molecule has 0 unspecified atom stereocenters. The Labute approximate surface area is 91.5 Å². The summed E-state index contributed by atoms with van der Waals surface area (Å²) in [6.07, 6.45) is 0. The summed E-state index contributed by atoms with van der Waals surface area (Å²) in [5, 5.41) is 13.4. The first-order valence-corrected chi connectivity index (χ1v) is 6.15. The van der Waals surface area contributed by atoms with Crippen molar-refractivity contribution in [3.05, 3.63) is 17.5 Å². The summed E-state index contributed by atoms with van der Waals surface area (Å²) in [4.78, 5) is 11.3. The van der Waals surface area contributed by atoms with Crippen LogP contribution in [0.25, 0.3) is 0 Å². The lowest BCUT2D eigenvalue weighted by Gasteiger charge is -2.09. The number of carbonyl (C=O) groups excluding carboxylic acids is 1. The Morgan fingerprint density at radius 2 is 2.57 bits per heavy atom. The molecule has 0 spiro atoms. The zero-order chi connectivity index (χ0) is 10.4. The molecular formula is C9H13NO2S2. The lowest BCUT2D eigenvalue weighted by molar-refractivity contribution is -0.119. The van der Waals surface area contributed by atoms with Gasteiger partial charge in [0.05, 0.1) is 16.6 Å². The van der Waals surface area contributed by atoms with E-state index in [2.05, 4.69) is 5.32 Å². The van der Waals surface area contributed by atoms with Crippen molar-refractivity contribution in [3.8, 4) is 0 Å². The summed E-state index contributed by atoms with van der Waals surface area (Å²) in [6, 6.07) is 3.78.